The van der Waals surface area contributed by atoms with E-state index in [0.717, 1.165) is 22.5 Å². The fourth-order valence-corrected chi connectivity index (χ4v) is 12.2. The van der Waals surface area contributed by atoms with E-state index in [1.807, 2.05) is 0 Å². The van der Waals surface area contributed by atoms with Crippen molar-refractivity contribution in [3.8, 4) is 28.2 Å². The van der Waals surface area contributed by atoms with Gasteiger partial charge in [0.15, 0.2) is 0 Å². The Bertz CT molecular complexity index is 4640. The Morgan fingerprint density at radius 1 is 0.338 bits per heavy atom. The molecule has 3 aromatic heterocycles. The van der Waals surface area contributed by atoms with Gasteiger partial charge in [-0.25, -0.2) is 4.68 Å². The van der Waals surface area contributed by atoms with Crippen LogP contribution in [0.2, 0.25) is 0 Å². The van der Waals surface area contributed by atoms with Gasteiger partial charge in [-0.1, -0.05) is 169 Å². The Balaban J connectivity index is 0.971. The van der Waals surface area contributed by atoms with Gasteiger partial charge in [0.1, 0.15) is 0 Å². The van der Waals surface area contributed by atoms with Crippen molar-refractivity contribution in [2.75, 3.05) is 0 Å². The fourth-order valence-electron chi connectivity index (χ4n) is 12.2. The van der Waals surface area contributed by atoms with Crippen molar-refractivity contribution in [2.24, 2.45) is 0 Å². The molecule has 13 aromatic carbocycles. The highest BCUT2D eigenvalue weighted by molar-refractivity contribution is 6.27. The largest absolute Gasteiger partial charge is 0.408 e. The second-order valence-corrected chi connectivity index (χ2v) is 18.7. The van der Waals surface area contributed by atoms with Crippen LogP contribution in [0.3, 0.4) is 0 Å². The summed E-state index contributed by atoms with van der Waals surface area (Å²) in [5.74, 6) is 0. The van der Waals surface area contributed by atoms with E-state index in [-0.39, 0.29) is 0 Å². The first kappa shape index (κ1) is 36.3. The molecule has 0 aliphatic carbocycles. The highest BCUT2D eigenvalue weighted by Gasteiger charge is 2.24. The lowest BCUT2D eigenvalue weighted by Crippen LogP contribution is -2.42. The maximum atomic E-state index is 5.68. The van der Waals surface area contributed by atoms with Crippen molar-refractivity contribution in [3.63, 3.8) is 0 Å². The first-order chi connectivity index (χ1) is 33.7. The normalized spacial score (nSPS) is 12.5. The number of aromatic nitrogens is 4. The van der Waals surface area contributed by atoms with Crippen LogP contribution in [0.25, 0.3) is 147 Å². The molecule has 0 amide bonds. The molecule has 0 radical (unpaired) electrons. The Morgan fingerprint density at radius 2 is 0.838 bits per heavy atom. The summed E-state index contributed by atoms with van der Waals surface area (Å²) >= 11 is 0. The van der Waals surface area contributed by atoms with Gasteiger partial charge in [0.25, 0.3) is 0 Å². The van der Waals surface area contributed by atoms with Gasteiger partial charge in [0.05, 0.1) is 27.8 Å². The molecule has 4 heteroatoms. The van der Waals surface area contributed by atoms with Gasteiger partial charge in [-0.2, -0.15) is 0 Å². The Hall–Kier alpha value is -8.99. The zero-order valence-electron chi connectivity index (χ0n) is 36.8. The predicted molar refractivity (Wildman–Crippen MR) is 285 cm³/mol. The molecule has 0 unspecified atom stereocenters. The topological polar surface area (TPSA) is 27.8 Å². The van der Waals surface area contributed by atoms with Crippen LogP contribution in [0.4, 0.5) is 0 Å². The van der Waals surface area contributed by atoms with Gasteiger partial charge in [0.2, 0.25) is 12.4 Å². The van der Waals surface area contributed by atoms with Crippen LogP contribution in [-0.2, 0) is 6.67 Å². The second kappa shape index (κ2) is 13.3. The van der Waals surface area contributed by atoms with Crippen molar-refractivity contribution >= 4 is 119 Å². The maximum absolute atomic E-state index is 5.68. The van der Waals surface area contributed by atoms with Crippen molar-refractivity contribution in [2.45, 2.75) is 6.67 Å². The summed E-state index contributed by atoms with van der Waals surface area (Å²) in [5.41, 5.74) is 10.2. The van der Waals surface area contributed by atoms with Crippen LogP contribution >= 0.6 is 0 Å². The van der Waals surface area contributed by atoms with Gasteiger partial charge in [-0.3, -0.25) is 4.57 Å². The molecule has 3 heterocycles. The number of para-hydroxylation sites is 2. The van der Waals surface area contributed by atoms with Crippen LogP contribution in [0.15, 0.2) is 218 Å². The first-order valence-corrected chi connectivity index (χ1v) is 23.6. The number of fused-ring (bicyclic) bond motifs is 8. The van der Waals surface area contributed by atoms with E-state index in [2.05, 4.69) is 232 Å². The van der Waals surface area contributed by atoms with Gasteiger partial charge >= 0.3 is 0 Å². The molecule has 0 saturated heterocycles. The van der Waals surface area contributed by atoms with Gasteiger partial charge < -0.3 is 9.67 Å². The molecule has 0 N–H and O–H groups in total. The van der Waals surface area contributed by atoms with Gasteiger partial charge in [-0.05, 0) is 130 Å². The van der Waals surface area contributed by atoms with E-state index >= 15 is 0 Å². The summed E-state index contributed by atoms with van der Waals surface area (Å²) in [6, 6.07) is 81.1. The number of hydrogen-bond donors (Lipinski definition) is 0. The molecule has 0 spiro atoms. The molecule has 0 saturated carbocycles. The third-order valence-electron chi connectivity index (χ3n) is 15.1. The quantitative estimate of drug-likeness (QED) is 0.125. The van der Waals surface area contributed by atoms with Gasteiger partial charge in [-0.15, -0.1) is 0 Å². The zero-order valence-corrected chi connectivity index (χ0v) is 36.8. The monoisotopic (exact) mass is 862 g/mol. The molecular formula is C64H38N4. The molecule has 314 valence electrons. The lowest BCUT2D eigenvalue weighted by molar-refractivity contribution is -0.747. The number of nitrogens with zero attached hydrogens (tertiary/aromatic N) is 4. The van der Waals surface area contributed by atoms with Crippen molar-refractivity contribution in [3.05, 3.63) is 218 Å². The lowest BCUT2D eigenvalue weighted by Gasteiger charge is -2.14. The third-order valence-corrected chi connectivity index (χ3v) is 15.1. The zero-order chi connectivity index (χ0) is 44.2. The van der Waals surface area contributed by atoms with Crippen molar-refractivity contribution < 1.29 is 4.68 Å². The molecule has 0 aliphatic rings. The first-order valence-electron chi connectivity index (χ1n) is 23.6. The molecule has 0 fully saturated rings. The molecular weight excluding hydrogens is 825 g/mol. The van der Waals surface area contributed by atoms with E-state index < -0.39 is 0 Å². The van der Waals surface area contributed by atoms with E-state index in [9.17, 15) is 0 Å². The summed E-state index contributed by atoms with van der Waals surface area (Å²) < 4.78 is 7.27. The summed E-state index contributed by atoms with van der Waals surface area (Å²) in [5, 5.41) is 28.4. The minimum absolute atomic E-state index is 0.506. The number of hydrogen-bond acceptors (Lipinski definition) is 0. The van der Waals surface area contributed by atoms with Crippen LogP contribution in [0.5, 0.6) is 0 Å². The third kappa shape index (κ3) is 4.90. The van der Waals surface area contributed by atoms with Crippen LogP contribution < -0.4 is 9.78 Å². The van der Waals surface area contributed by atoms with Crippen LogP contribution in [0.1, 0.15) is 0 Å². The van der Waals surface area contributed by atoms with E-state index in [1.165, 1.54) is 125 Å². The number of benzene rings is 13. The molecule has 16 aromatic rings. The van der Waals surface area contributed by atoms with Crippen LogP contribution in [0, 0.1) is 0 Å². The predicted octanol–water partition coefficient (Wildman–Crippen LogP) is 15.9. The SMILES string of the molecule is c1ccc2c(-n3c4ccccc4c4c5c(ccc43)c3ccccc3n5C[n+]3[n-]c(-c4cc5ccc6cccc7ccc(c4)c5c67)cc3-c3cc4ccc5cccc6ccc(c3)c4c56)cccc2c1. The minimum Gasteiger partial charge on any atom is -0.408 e. The highest BCUT2D eigenvalue weighted by atomic mass is 15.3. The fraction of sp³-hybridized carbons (Fsp3) is 0.0156. The van der Waals surface area contributed by atoms with E-state index in [4.69, 9.17) is 5.10 Å². The Kier molecular flexibility index (Phi) is 7.10. The van der Waals surface area contributed by atoms with Crippen molar-refractivity contribution in [1.29, 1.82) is 0 Å². The summed E-state index contributed by atoms with van der Waals surface area (Å²) in [6.07, 6.45) is 0. The Morgan fingerprint density at radius 3 is 1.50 bits per heavy atom. The highest BCUT2D eigenvalue weighted by Crippen LogP contribution is 2.43. The van der Waals surface area contributed by atoms with Gasteiger partial charge in [0, 0.05) is 32.5 Å². The number of rotatable bonds is 5. The van der Waals surface area contributed by atoms with E-state index in [0.29, 0.717) is 6.67 Å². The molecule has 68 heavy (non-hydrogen) atoms. The van der Waals surface area contributed by atoms with E-state index in [1.54, 1.807) is 0 Å². The molecule has 0 bridgehead atoms. The molecule has 0 atom stereocenters. The summed E-state index contributed by atoms with van der Waals surface area (Å²) in [6.45, 7) is 0.506. The van der Waals surface area contributed by atoms with Crippen molar-refractivity contribution in [1.82, 2.24) is 14.2 Å². The summed E-state index contributed by atoms with van der Waals surface area (Å²) in [7, 11) is 0. The smallest absolute Gasteiger partial charge is 0.218 e. The molecule has 0 aliphatic heterocycles. The van der Waals surface area contributed by atoms with Crippen LogP contribution in [-0.4, -0.2) is 9.13 Å². The lowest BCUT2D eigenvalue weighted by atomic mass is 9.91. The minimum atomic E-state index is 0.506. The molecule has 16 rings (SSSR count). The molecule has 4 nitrogen and oxygen atoms in total. The standard InChI is InChI=1S/C64H38N4/c1-2-16-49-38(10-1)11-9-21-55(49)68-56-20-6-4-18-52(56)63-57(68)31-30-51-50-17-3-5-19-54(50)66(64(51)63)37-67-58(48-34-45-28-24-41-14-8-15-42-25-29-46(35-48)62(45)60(41)42)36-53(65-67)47-32-43-26-22-39-12-7-13-40-23-27-44(33-47)61(43)59(39)40/h1-36H,37H2. The summed E-state index contributed by atoms with van der Waals surface area (Å²) in [4.78, 5) is 0. The Labute approximate surface area is 389 Å². The maximum Gasteiger partial charge on any atom is 0.218 e. The second-order valence-electron chi connectivity index (χ2n) is 18.7. The average molecular weight is 863 g/mol. The average Bonchev–Trinajstić information content (AvgIpc) is 4.07.